The average Bonchev–Trinajstić information content (AvgIpc) is 3.21. The van der Waals surface area contributed by atoms with Gasteiger partial charge in [0, 0.05) is 23.2 Å². The van der Waals surface area contributed by atoms with E-state index in [1.807, 2.05) is 42.5 Å². The molecule has 0 aliphatic rings. The second kappa shape index (κ2) is 9.36. The predicted molar refractivity (Wildman–Crippen MR) is 107 cm³/mol. The fraction of sp³-hybridized carbons (Fsp3) is 0.136. The molecule has 2 amide bonds. The molecule has 0 saturated heterocycles. The van der Waals surface area contributed by atoms with Crippen LogP contribution in [0.25, 0.3) is 11.3 Å². The molecule has 0 saturated carbocycles. The summed E-state index contributed by atoms with van der Waals surface area (Å²) < 4.78 is 10.7. The van der Waals surface area contributed by atoms with Crippen molar-refractivity contribution in [3.8, 4) is 11.3 Å². The molecular weight excluding hydrogens is 372 g/mol. The summed E-state index contributed by atoms with van der Waals surface area (Å²) in [6.07, 6.45) is 0.476. The minimum atomic E-state index is -0.552. The molecule has 3 N–H and O–H groups in total. The first-order valence-electron chi connectivity index (χ1n) is 9.01. The summed E-state index contributed by atoms with van der Waals surface area (Å²) >= 11 is 0. The van der Waals surface area contributed by atoms with Crippen molar-refractivity contribution in [2.75, 3.05) is 11.9 Å². The Kier molecular flexibility index (Phi) is 6.42. The van der Waals surface area contributed by atoms with Crippen LogP contribution >= 0.6 is 0 Å². The smallest absolute Gasteiger partial charge is 0.306 e. The molecule has 0 spiro atoms. The minimum Gasteiger partial charge on any atom is -0.461 e. The standard InChI is InChI=1S/C22H20N2O5/c23-22(27)16-6-8-17(9-7-16)24-20(25)14-28-21(26)13-11-18-10-12-19(29-18)15-4-2-1-3-5-15/h1-10,12H,11,13-14H2,(H2,23,27)(H,24,25). The van der Waals surface area contributed by atoms with Crippen molar-refractivity contribution in [1.82, 2.24) is 0 Å². The molecule has 1 aromatic heterocycles. The highest BCUT2D eigenvalue weighted by Crippen LogP contribution is 2.22. The maximum Gasteiger partial charge on any atom is 0.306 e. The van der Waals surface area contributed by atoms with Gasteiger partial charge in [-0.1, -0.05) is 30.3 Å². The molecule has 3 aromatic rings. The summed E-state index contributed by atoms with van der Waals surface area (Å²) in [6, 6.07) is 19.4. The number of nitrogens with two attached hydrogens (primary N) is 1. The largest absolute Gasteiger partial charge is 0.461 e. The van der Waals surface area contributed by atoms with Crippen molar-refractivity contribution in [2.45, 2.75) is 12.8 Å². The number of hydrogen-bond acceptors (Lipinski definition) is 5. The zero-order valence-electron chi connectivity index (χ0n) is 15.6. The van der Waals surface area contributed by atoms with Crippen LogP contribution in [0.4, 0.5) is 5.69 Å². The highest BCUT2D eigenvalue weighted by Gasteiger charge is 2.11. The number of aryl methyl sites for hydroxylation is 1. The Bertz CT molecular complexity index is 994. The predicted octanol–water partition coefficient (Wildman–Crippen LogP) is 3.16. The summed E-state index contributed by atoms with van der Waals surface area (Å²) in [5, 5.41) is 2.57. The van der Waals surface area contributed by atoms with Gasteiger partial charge in [-0.3, -0.25) is 14.4 Å². The molecule has 0 bridgehead atoms. The van der Waals surface area contributed by atoms with Crippen molar-refractivity contribution < 1.29 is 23.5 Å². The Hall–Kier alpha value is -3.87. The quantitative estimate of drug-likeness (QED) is 0.572. The number of carbonyl (C=O) groups excluding carboxylic acids is 3. The van der Waals surface area contributed by atoms with E-state index in [0.29, 0.717) is 23.4 Å². The number of esters is 1. The number of anilines is 1. The molecule has 0 radical (unpaired) electrons. The van der Waals surface area contributed by atoms with Crippen LogP contribution in [-0.2, 0) is 20.7 Å². The van der Waals surface area contributed by atoms with E-state index in [2.05, 4.69) is 5.32 Å². The zero-order valence-corrected chi connectivity index (χ0v) is 15.6. The molecule has 0 atom stereocenters. The third-order valence-corrected chi connectivity index (χ3v) is 4.11. The van der Waals surface area contributed by atoms with Gasteiger partial charge in [-0.2, -0.15) is 0 Å². The fourth-order valence-electron chi connectivity index (χ4n) is 2.63. The van der Waals surface area contributed by atoms with Gasteiger partial charge in [0.2, 0.25) is 5.91 Å². The number of furan rings is 1. The second-order valence-electron chi connectivity index (χ2n) is 6.28. The lowest BCUT2D eigenvalue weighted by Gasteiger charge is -2.07. The third-order valence-electron chi connectivity index (χ3n) is 4.11. The molecule has 7 heteroatoms. The summed E-state index contributed by atoms with van der Waals surface area (Å²) in [5.41, 5.74) is 6.93. The van der Waals surface area contributed by atoms with Crippen molar-refractivity contribution in [3.63, 3.8) is 0 Å². The van der Waals surface area contributed by atoms with Gasteiger partial charge in [0.15, 0.2) is 6.61 Å². The third kappa shape index (κ3) is 5.80. The Labute approximate surface area is 167 Å². The average molecular weight is 392 g/mol. The zero-order chi connectivity index (χ0) is 20.6. The monoisotopic (exact) mass is 392 g/mol. The van der Waals surface area contributed by atoms with E-state index >= 15 is 0 Å². The van der Waals surface area contributed by atoms with Gasteiger partial charge in [-0.05, 0) is 36.4 Å². The highest BCUT2D eigenvalue weighted by molar-refractivity contribution is 5.95. The Balaban J connectivity index is 1.41. The normalized spacial score (nSPS) is 10.3. The molecular formula is C22H20N2O5. The van der Waals surface area contributed by atoms with Gasteiger partial charge in [0.1, 0.15) is 11.5 Å². The van der Waals surface area contributed by atoms with Crippen LogP contribution in [-0.4, -0.2) is 24.4 Å². The van der Waals surface area contributed by atoms with Gasteiger partial charge in [0.05, 0.1) is 6.42 Å². The summed E-state index contributed by atoms with van der Waals surface area (Å²) in [6.45, 7) is -0.399. The lowest BCUT2D eigenvalue weighted by molar-refractivity contribution is -0.147. The summed E-state index contributed by atoms with van der Waals surface area (Å²) in [4.78, 5) is 34.8. The number of ether oxygens (including phenoxy) is 1. The van der Waals surface area contributed by atoms with E-state index in [0.717, 1.165) is 11.3 Å². The Morgan fingerprint density at radius 1 is 0.931 bits per heavy atom. The Morgan fingerprint density at radius 2 is 1.66 bits per heavy atom. The highest BCUT2D eigenvalue weighted by atomic mass is 16.5. The van der Waals surface area contributed by atoms with Gasteiger partial charge in [-0.25, -0.2) is 0 Å². The molecule has 0 aliphatic heterocycles. The first-order chi connectivity index (χ1) is 14.0. The van der Waals surface area contributed by atoms with Gasteiger partial charge < -0.3 is 20.2 Å². The second-order valence-corrected chi connectivity index (χ2v) is 6.28. The number of primary amides is 1. The van der Waals surface area contributed by atoms with Crippen molar-refractivity contribution >= 4 is 23.5 Å². The van der Waals surface area contributed by atoms with Crippen molar-refractivity contribution in [1.29, 1.82) is 0 Å². The maximum absolute atomic E-state index is 11.9. The Morgan fingerprint density at radius 3 is 2.34 bits per heavy atom. The molecule has 29 heavy (non-hydrogen) atoms. The van der Waals surface area contributed by atoms with Crippen molar-refractivity contribution in [2.24, 2.45) is 5.73 Å². The van der Waals surface area contributed by atoms with E-state index in [9.17, 15) is 14.4 Å². The molecule has 7 nitrogen and oxygen atoms in total. The van der Waals surface area contributed by atoms with E-state index in [1.54, 1.807) is 12.1 Å². The van der Waals surface area contributed by atoms with Gasteiger partial charge in [-0.15, -0.1) is 0 Å². The number of hydrogen-bond donors (Lipinski definition) is 2. The van der Waals surface area contributed by atoms with E-state index in [1.165, 1.54) is 12.1 Å². The minimum absolute atomic E-state index is 0.0995. The molecule has 3 rings (SSSR count). The molecule has 0 fully saturated rings. The van der Waals surface area contributed by atoms with Crippen LogP contribution < -0.4 is 11.1 Å². The first kappa shape index (κ1) is 19.9. The number of amides is 2. The maximum atomic E-state index is 11.9. The van der Waals surface area contributed by atoms with Crippen LogP contribution in [0.5, 0.6) is 0 Å². The fourth-order valence-corrected chi connectivity index (χ4v) is 2.63. The number of carbonyl (C=O) groups is 3. The van der Waals surface area contributed by atoms with Gasteiger partial charge >= 0.3 is 5.97 Å². The molecule has 1 heterocycles. The van der Waals surface area contributed by atoms with Crippen LogP contribution in [0.3, 0.4) is 0 Å². The van der Waals surface area contributed by atoms with Crippen LogP contribution in [0.15, 0.2) is 71.1 Å². The van der Waals surface area contributed by atoms with Crippen LogP contribution in [0.1, 0.15) is 22.5 Å². The van der Waals surface area contributed by atoms with E-state index < -0.39 is 24.4 Å². The first-order valence-corrected chi connectivity index (χ1v) is 9.01. The van der Waals surface area contributed by atoms with E-state index in [4.69, 9.17) is 14.9 Å². The van der Waals surface area contributed by atoms with Crippen LogP contribution in [0, 0.1) is 0 Å². The number of benzene rings is 2. The SMILES string of the molecule is NC(=O)c1ccc(NC(=O)COC(=O)CCc2ccc(-c3ccccc3)o2)cc1. The molecule has 0 unspecified atom stereocenters. The molecule has 148 valence electrons. The molecule has 0 aliphatic carbocycles. The lowest BCUT2D eigenvalue weighted by Crippen LogP contribution is -2.21. The summed E-state index contributed by atoms with van der Waals surface area (Å²) in [5.74, 6) is -0.129. The van der Waals surface area contributed by atoms with Crippen LogP contribution in [0.2, 0.25) is 0 Å². The summed E-state index contributed by atoms with van der Waals surface area (Å²) in [7, 11) is 0. The lowest BCUT2D eigenvalue weighted by atomic mass is 10.2. The van der Waals surface area contributed by atoms with E-state index in [-0.39, 0.29) is 6.42 Å². The molecule has 2 aromatic carbocycles. The topological polar surface area (TPSA) is 112 Å². The number of nitrogens with one attached hydrogen (secondary N) is 1. The van der Waals surface area contributed by atoms with Crippen molar-refractivity contribution in [3.05, 3.63) is 78.1 Å². The van der Waals surface area contributed by atoms with Gasteiger partial charge in [0.25, 0.3) is 5.91 Å². The number of rotatable bonds is 8.